The predicted octanol–water partition coefficient (Wildman–Crippen LogP) is 1.35. The van der Waals surface area contributed by atoms with Crippen LogP contribution in [0.4, 0.5) is 0 Å². The van der Waals surface area contributed by atoms with E-state index in [4.69, 9.17) is 4.74 Å². The van der Waals surface area contributed by atoms with Gasteiger partial charge in [-0.2, -0.15) is 0 Å². The Hall–Kier alpha value is -1.75. The number of rotatable bonds is 5. The van der Waals surface area contributed by atoms with E-state index in [1.807, 2.05) is 0 Å². The molecule has 0 bridgehead atoms. The first-order valence-electron chi connectivity index (χ1n) is 5.58. The smallest absolute Gasteiger partial charge is 0.324 e. The number of hydrogen-bond acceptors (Lipinski definition) is 4. The zero-order valence-electron chi connectivity index (χ0n) is 11.1. The van der Waals surface area contributed by atoms with Crippen LogP contribution >= 0.6 is 0 Å². The minimum atomic E-state index is -0.998. The highest BCUT2D eigenvalue weighted by Gasteiger charge is 2.35. The molecule has 1 unspecified atom stereocenters. The van der Waals surface area contributed by atoms with Crippen molar-refractivity contribution in [3.05, 3.63) is 23.8 Å². The predicted molar refractivity (Wildman–Crippen MR) is 68.1 cm³/mol. The zero-order chi connectivity index (χ0) is 13.9. The van der Waals surface area contributed by atoms with Gasteiger partial charge in [-0.3, -0.25) is 9.69 Å². The molecule has 0 aromatic heterocycles. The number of carboxylic acid groups (broad SMARTS) is 1. The minimum Gasteiger partial charge on any atom is -0.504 e. The van der Waals surface area contributed by atoms with Gasteiger partial charge in [-0.25, -0.2) is 0 Å². The van der Waals surface area contributed by atoms with E-state index >= 15 is 0 Å². The van der Waals surface area contributed by atoms with Crippen molar-refractivity contribution in [3.63, 3.8) is 0 Å². The van der Waals surface area contributed by atoms with Crippen LogP contribution in [0.2, 0.25) is 0 Å². The van der Waals surface area contributed by atoms with Crippen LogP contribution in [0.25, 0.3) is 0 Å². The number of hydrogen-bond donors (Lipinski definition) is 2. The van der Waals surface area contributed by atoms with Gasteiger partial charge < -0.3 is 14.9 Å². The van der Waals surface area contributed by atoms with Gasteiger partial charge in [0.25, 0.3) is 0 Å². The summed E-state index contributed by atoms with van der Waals surface area (Å²) in [6.45, 7) is 1.66. The number of carbonyl (C=O) groups is 1. The van der Waals surface area contributed by atoms with Crippen LogP contribution < -0.4 is 4.74 Å². The number of methoxy groups -OCH3 is 1. The molecule has 100 valence electrons. The molecule has 1 aromatic carbocycles. The van der Waals surface area contributed by atoms with Gasteiger partial charge in [-0.1, -0.05) is 6.07 Å². The molecule has 0 spiro atoms. The number of phenolic OH excluding ortho intramolecular Hbond substituents is 1. The molecule has 5 heteroatoms. The monoisotopic (exact) mass is 253 g/mol. The van der Waals surface area contributed by atoms with Crippen LogP contribution in [-0.4, -0.2) is 47.8 Å². The molecular weight excluding hydrogens is 234 g/mol. The Morgan fingerprint density at radius 2 is 2.06 bits per heavy atom. The average molecular weight is 253 g/mol. The molecule has 2 N–H and O–H groups in total. The largest absolute Gasteiger partial charge is 0.504 e. The molecule has 0 aliphatic carbocycles. The van der Waals surface area contributed by atoms with Gasteiger partial charge in [0.15, 0.2) is 11.5 Å². The number of likely N-dealkylation sites (N-methyl/N-ethyl adjacent to an activating group) is 1. The summed E-state index contributed by atoms with van der Waals surface area (Å²) in [7, 11) is 4.92. The molecule has 0 saturated carbocycles. The lowest BCUT2D eigenvalue weighted by molar-refractivity contribution is -0.148. The molecule has 1 aromatic rings. The first-order valence-corrected chi connectivity index (χ1v) is 5.58. The standard InChI is InChI=1S/C13H19NO4/c1-13(12(16)17,14(2)3)8-9-5-6-10(15)11(7-9)18-4/h5-7,15H,8H2,1-4H3,(H,16,17). The van der Waals surface area contributed by atoms with Crippen molar-refractivity contribution < 1.29 is 19.7 Å². The van der Waals surface area contributed by atoms with Crippen molar-refractivity contribution >= 4 is 5.97 Å². The molecule has 18 heavy (non-hydrogen) atoms. The second-order valence-corrected chi connectivity index (χ2v) is 4.66. The zero-order valence-corrected chi connectivity index (χ0v) is 11.1. The van der Waals surface area contributed by atoms with Crippen molar-refractivity contribution in [3.8, 4) is 11.5 Å². The van der Waals surface area contributed by atoms with Gasteiger partial charge in [0, 0.05) is 6.42 Å². The fourth-order valence-corrected chi connectivity index (χ4v) is 1.65. The van der Waals surface area contributed by atoms with Crippen LogP contribution in [0.3, 0.4) is 0 Å². The lowest BCUT2D eigenvalue weighted by atomic mass is 9.91. The van der Waals surface area contributed by atoms with Gasteiger partial charge >= 0.3 is 5.97 Å². The maximum Gasteiger partial charge on any atom is 0.324 e. The van der Waals surface area contributed by atoms with Crippen molar-refractivity contribution in [1.82, 2.24) is 4.90 Å². The molecule has 1 atom stereocenters. The molecule has 0 saturated heterocycles. The van der Waals surface area contributed by atoms with Crippen molar-refractivity contribution in [2.75, 3.05) is 21.2 Å². The third kappa shape index (κ3) is 2.73. The van der Waals surface area contributed by atoms with E-state index in [0.29, 0.717) is 12.2 Å². The van der Waals surface area contributed by atoms with Crippen LogP contribution in [-0.2, 0) is 11.2 Å². The molecule has 0 fully saturated rings. The lowest BCUT2D eigenvalue weighted by Gasteiger charge is -2.32. The Morgan fingerprint density at radius 3 is 2.50 bits per heavy atom. The van der Waals surface area contributed by atoms with Crippen LogP contribution in [0.5, 0.6) is 11.5 Å². The summed E-state index contributed by atoms with van der Waals surface area (Å²) in [4.78, 5) is 13.0. The SMILES string of the molecule is COc1cc(CC(C)(C(=O)O)N(C)C)ccc1O. The first kappa shape index (κ1) is 14.3. The van der Waals surface area contributed by atoms with Crippen molar-refractivity contribution in [1.29, 1.82) is 0 Å². The number of nitrogens with zero attached hydrogens (tertiary/aromatic N) is 1. The summed E-state index contributed by atoms with van der Waals surface area (Å²) in [6, 6.07) is 4.86. The Morgan fingerprint density at radius 1 is 1.44 bits per heavy atom. The lowest BCUT2D eigenvalue weighted by Crippen LogP contribution is -2.50. The molecule has 0 aliphatic rings. The highest BCUT2D eigenvalue weighted by molar-refractivity contribution is 5.78. The quantitative estimate of drug-likeness (QED) is 0.829. The second-order valence-electron chi connectivity index (χ2n) is 4.66. The summed E-state index contributed by atoms with van der Waals surface area (Å²) in [6.07, 6.45) is 0.325. The molecule has 0 aliphatic heterocycles. The van der Waals surface area contributed by atoms with E-state index in [0.717, 1.165) is 5.56 Å². The third-order valence-corrected chi connectivity index (χ3v) is 3.24. The maximum absolute atomic E-state index is 11.4. The van der Waals surface area contributed by atoms with Crippen molar-refractivity contribution in [2.45, 2.75) is 18.9 Å². The van der Waals surface area contributed by atoms with E-state index in [-0.39, 0.29) is 5.75 Å². The Bertz CT molecular complexity index is 445. The van der Waals surface area contributed by atoms with Crippen LogP contribution in [0.15, 0.2) is 18.2 Å². The molecule has 1 rings (SSSR count). The molecule has 0 heterocycles. The molecule has 0 amide bonds. The number of benzene rings is 1. The number of ether oxygens (including phenoxy) is 1. The van der Waals surface area contributed by atoms with Gasteiger partial charge in [0.05, 0.1) is 7.11 Å². The fraction of sp³-hybridized carbons (Fsp3) is 0.462. The maximum atomic E-state index is 11.4. The van der Waals surface area contributed by atoms with E-state index < -0.39 is 11.5 Å². The number of phenols is 1. The number of aromatic hydroxyl groups is 1. The summed E-state index contributed by atoms with van der Waals surface area (Å²) < 4.78 is 5.01. The molecule has 5 nitrogen and oxygen atoms in total. The van der Waals surface area contributed by atoms with Gasteiger partial charge in [-0.15, -0.1) is 0 Å². The Balaban J connectivity index is 3.06. The summed E-state index contributed by atoms with van der Waals surface area (Å²) in [5.41, 5.74) is -0.203. The number of carboxylic acids is 1. The topological polar surface area (TPSA) is 70.0 Å². The van der Waals surface area contributed by atoms with Gasteiger partial charge in [0.2, 0.25) is 0 Å². The third-order valence-electron chi connectivity index (χ3n) is 3.24. The average Bonchev–Trinajstić information content (AvgIpc) is 2.30. The highest BCUT2D eigenvalue weighted by atomic mass is 16.5. The van der Waals surface area contributed by atoms with E-state index in [2.05, 4.69) is 0 Å². The summed E-state index contributed by atoms with van der Waals surface area (Å²) >= 11 is 0. The first-order chi connectivity index (χ1) is 8.31. The van der Waals surface area contributed by atoms with Gasteiger partial charge in [0.1, 0.15) is 5.54 Å². The Kier molecular flexibility index (Phi) is 4.19. The highest BCUT2D eigenvalue weighted by Crippen LogP contribution is 2.29. The Labute approximate surface area is 107 Å². The molecule has 0 radical (unpaired) electrons. The van der Waals surface area contributed by atoms with Crippen LogP contribution in [0.1, 0.15) is 12.5 Å². The summed E-state index contributed by atoms with van der Waals surface area (Å²) in [5.74, 6) is -0.498. The van der Waals surface area contributed by atoms with Crippen LogP contribution in [0, 0.1) is 0 Å². The summed E-state index contributed by atoms with van der Waals surface area (Å²) in [5, 5.41) is 18.8. The van der Waals surface area contributed by atoms with E-state index in [9.17, 15) is 15.0 Å². The fourth-order valence-electron chi connectivity index (χ4n) is 1.65. The second kappa shape index (κ2) is 5.27. The minimum absolute atomic E-state index is 0.0446. The van der Waals surface area contributed by atoms with Crippen molar-refractivity contribution in [2.24, 2.45) is 0 Å². The number of aliphatic carboxylic acids is 1. The van der Waals surface area contributed by atoms with E-state index in [1.54, 1.807) is 38.1 Å². The molecular formula is C13H19NO4. The normalized spacial score (nSPS) is 14.3. The van der Waals surface area contributed by atoms with Gasteiger partial charge in [-0.05, 0) is 38.7 Å². The van der Waals surface area contributed by atoms with E-state index in [1.165, 1.54) is 13.2 Å².